The van der Waals surface area contributed by atoms with Gasteiger partial charge in [-0.3, -0.25) is 14.6 Å². The number of allylic oxidation sites excluding steroid dienone is 1. The third-order valence-corrected chi connectivity index (χ3v) is 6.63. The van der Waals surface area contributed by atoms with Gasteiger partial charge in [0.25, 0.3) is 0 Å². The lowest BCUT2D eigenvalue weighted by Crippen LogP contribution is -2.46. The van der Waals surface area contributed by atoms with E-state index < -0.39 is 30.8 Å². The number of rotatable bonds is 4. The zero-order valence-corrected chi connectivity index (χ0v) is 19.9. The van der Waals surface area contributed by atoms with E-state index in [0.29, 0.717) is 16.8 Å². The molecule has 1 aromatic heterocycles. The van der Waals surface area contributed by atoms with Crippen LogP contribution in [0.25, 0.3) is 5.69 Å². The van der Waals surface area contributed by atoms with Crippen LogP contribution in [0.5, 0.6) is 11.5 Å². The number of fused-ring (bicyclic) bond motifs is 5. The monoisotopic (exact) mass is 499 g/mol. The minimum absolute atomic E-state index is 0.0935. The third-order valence-electron chi connectivity index (χ3n) is 6.18. The minimum atomic E-state index is -4.78. The second-order valence-corrected chi connectivity index (χ2v) is 10.0. The highest BCUT2D eigenvalue weighted by Crippen LogP contribution is 2.48. The van der Waals surface area contributed by atoms with Gasteiger partial charge in [0.1, 0.15) is 23.1 Å². The average Bonchev–Trinajstić information content (AvgIpc) is 3.02. The summed E-state index contributed by atoms with van der Waals surface area (Å²) >= 11 is 0. The van der Waals surface area contributed by atoms with E-state index in [1.807, 2.05) is 19.9 Å². The number of benzene rings is 2. The molecule has 2 aliphatic heterocycles. The summed E-state index contributed by atoms with van der Waals surface area (Å²) in [5.41, 5.74) is 0.104. The molecule has 1 unspecified atom stereocenters. The number of Topliss-reactive ketones (excluding diaryl/α,β-unsaturated/α-hetero) is 1. The third kappa shape index (κ3) is 3.78. The van der Waals surface area contributed by atoms with Gasteiger partial charge in [-0.25, -0.2) is 28.1 Å². The van der Waals surface area contributed by atoms with Gasteiger partial charge in [0, 0.05) is 17.2 Å². The number of hydrogen-bond donors (Lipinski definition) is 2. The summed E-state index contributed by atoms with van der Waals surface area (Å²) < 4.78 is 25.8. The van der Waals surface area contributed by atoms with Crippen molar-refractivity contribution < 1.29 is 28.4 Å². The van der Waals surface area contributed by atoms with Crippen LogP contribution in [0.15, 0.2) is 63.7 Å². The summed E-state index contributed by atoms with van der Waals surface area (Å²) in [7, 11) is -4.78. The first-order valence-electron chi connectivity index (χ1n) is 10.7. The molecule has 3 aromatic rings. The molecule has 0 aliphatic carbocycles. The first kappa shape index (κ1) is 23.1. The van der Waals surface area contributed by atoms with Crippen LogP contribution in [-0.2, 0) is 11.1 Å². The van der Waals surface area contributed by atoms with E-state index in [2.05, 4.69) is 0 Å². The fraction of sp³-hybridized carbons (Fsp3) is 0.261. The van der Waals surface area contributed by atoms with Gasteiger partial charge in [0.15, 0.2) is 5.78 Å². The summed E-state index contributed by atoms with van der Waals surface area (Å²) in [6.07, 6.45) is 1.84. The van der Waals surface area contributed by atoms with Crippen LogP contribution in [0, 0.1) is 0 Å². The molecule has 0 bridgehead atoms. The number of hydrogen-bond acceptors (Lipinski definition) is 6. The van der Waals surface area contributed by atoms with E-state index in [1.165, 1.54) is 28.4 Å². The SMILES string of the molecule is CC(=O)c1ccc(-n2c(=O)n3n(c2=O)C2C(=CC3)C(C)(C)Oc3cc(OP(=O)(O)O)ccc32)cc1. The summed E-state index contributed by atoms with van der Waals surface area (Å²) in [4.78, 5) is 56.8. The lowest BCUT2D eigenvalue weighted by molar-refractivity contribution is 0.101. The smallest absolute Gasteiger partial charge is 0.483 e. The van der Waals surface area contributed by atoms with Crippen LogP contribution in [0.1, 0.15) is 42.7 Å². The molecular formula is C23H22N3O8P. The molecule has 182 valence electrons. The molecule has 0 spiro atoms. The quantitative estimate of drug-likeness (QED) is 0.316. The van der Waals surface area contributed by atoms with Crippen LogP contribution >= 0.6 is 7.82 Å². The van der Waals surface area contributed by atoms with Gasteiger partial charge in [0.2, 0.25) is 0 Å². The summed E-state index contributed by atoms with van der Waals surface area (Å²) in [6.45, 7) is 5.20. The maximum atomic E-state index is 13.6. The Morgan fingerprint density at radius 1 is 1.11 bits per heavy atom. The molecule has 2 aromatic carbocycles. The van der Waals surface area contributed by atoms with Crippen LogP contribution in [0.3, 0.4) is 0 Å². The first-order valence-corrected chi connectivity index (χ1v) is 12.2. The lowest BCUT2D eigenvalue weighted by Gasteiger charge is -2.42. The number of carbonyl (C=O) groups is 1. The van der Waals surface area contributed by atoms with Crippen molar-refractivity contribution in [1.29, 1.82) is 0 Å². The van der Waals surface area contributed by atoms with Crippen LogP contribution in [-0.4, -0.2) is 35.1 Å². The lowest BCUT2D eigenvalue weighted by atomic mass is 9.83. The largest absolute Gasteiger partial charge is 0.524 e. The van der Waals surface area contributed by atoms with Crippen molar-refractivity contribution in [2.75, 3.05) is 0 Å². The highest BCUT2D eigenvalue weighted by atomic mass is 31.2. The molecule has 11 nitrogen and oxygen atoms in total. The molecular weight excluding hydrogens is 477 g/mol. The Bertz CT molecular complexity index is 1570. The van der Waals surface area contributed by atoms with Crippen molar-refractivity contribution in [2.24, 2.45) is 0 Å². The number of phosphoric acid groups is 1. The minimum Gasteiger partial charge on any atom is -0.483 e. The standard InChI is InChI=1S/C23H22N3O8P/c1-13(27)14-4-6-15(7-5-14)25-21(28)24-11-10-18-20(26(24)22(25)29)17-9-8-16(34-35(30,31)32)12-19(17)33-23(18,2)3/h4-10,12,20H,11H2,1-3H3,(H2,30,31,32). The summed E-state index contributed by atoms with van der Waals surface area (Å²) in [5, 5.41) is 0. The van der Waals surface area contributed by atoms with Gasteiger partial charge >= 0.3 is 19.2 Å². The topological polar surface area (TPSA) is 142 Å². The van der Waals surface area contributed by atoms with Crippen LogP contribution in [0.2, 0.25) is 0 Å². The zero-order valence-electron chi connectivity index (χ0n) is 19.0. The van der Waals surface area contributed by atoms with Gasteiger partial charge in [-0.15, -0.1) is 0 Å². The van der Waals surface area contributed by atoms with E-state index in [4.69, 9.17) is 19.0 Å². The maximum absolute atomic E-state index is 13.6. The molecule has 0 saturated carbocycles. The molecule has 0 radical (unpaired) electrons. The number of nitrogens with zero attached hydrogens (tertiary/aromatic N) is 3. The van der Waals surface area contributed by atoms with Crippen molar-refractivity contribution in [2.45, 2.75) is 39.0 Å². The first-order chi connectivity index (χ1) is 16.4. The Morgan fingerprint density at radius 3 is 2.43 bits per heavy atom. The molecule has 0 amide bonds. The van der Waals surface area contributed by atoms with Crippen LogP contribution < -0.4 is 20.6 Å². The normalized spacial score (nSPS) is 18.0. The molecule has 1 atom stereocenters. The summed E-state index contributed by atoms with van der Waals surface area (Å²) in [5.74, 6) is 0.0484. The highest BCUT2D eigenvalue weighted by Gasteiger charge is 2.44. The van der Waals surface area contributed by atoms with E-state index in [-0.39, 0.29) is 23.8 Å². The highest BCUT2D eigenvalue weighted by molar-refractivity contribution is 7.46. The number of phosphoric ester groups is 1. The van der Waals surface area contributed by atoms with Crippen molar-refractivity contribution in [3.63, 3.8) is 0 Å². The predicted molar refractivity (Wildman–Crippen MR) is 124 cm³/mol. The molecule has 12 heteroatoms. The Hall–Kier alpha value is -3.66. The van der Waals surface area contributed by atoms with Gasteiger partial charge < -0.3 is 9.26 Å². The zero-order chi connectivity index (χ0) is 25.3. The van der Waals surface area contributed by atoms with Crippen molar-refractivity contribution in [1.82, 2.24) is 13.9 Å². The molecule has 5 rings (SSSR count). The predicted octanol–water partition coefficient (Wildman–Crippen LogP) is 2.18. The van der Waals surface area contributed by atoms with Crippen molar-refractivity contribution in [3.8, 4) is 17.2 Å². The maximum Gasteiger partial charge on any atom is 0.524 e. The Morgan fingerprint density at radius 2 is 1.80 bits per heavy atom. The molecule has 0 fully saturated rings. The number of aromatic nitrogens is 3. The van der Waals surface area contributed by atoms with Crippen molar-refractivity contribution >= 4 is 13.6 Å². The van der Waals surface area contributed by atoms with E-state index in [9.17, 15) is 18.9 Å². The molecule has 2 aliphatic rings. The van der Waals surface area contributed by atoms with Gasteiger partial charge in [-0.2, -0.15) is 0 Å². The molecule has 35 heavy (non-hydrogen) atoms. The Labute approximate surface area is 198 Å². The van der Waals surface area contributed by atoms with Gasteiger partial charge in [-0.05, 0) is 62.7 Å². The Kier molecular flexibility index (Phi) is 5.06. The van der Waals surface area contributed by atoms with Gasteiger partial charge in [-0.1, -0.05) is 6.08 Å². The second-order valence-electron chi connectivity index (χ2n) is 8.89. The van der Waals surface area contributed by atoms with E-state index >= 15 is 0 Å². The van der Waals surface area contributed by atoms with E-state index in [1.54, 1.807) is 30.3 Å². The van der Waals surface area contributed by atoms with Gasteiger partial charge in [0.05, 0.1) is 12.2 Å². The Balaban J connectivity index is 1.68. The van der Waals surface area contributed by atoms with Crippen molar-refractivity contribution in [3.05, 3.63) is 86.2 Å². The fourth-order valence-electron chi connectivity index (χ4n) is 4.64. The van der Waals surface area contributed by atoms with E-state index in [0.717, 1.165) is 10.1 Å². The molecule has 2 N–H and O–H groups in total. The number of ketones is 1. The summed E-state index contributed by atoms with van der Waals surface area (Å²) in [6, 6.07) is 9.81. The number of ether oxygens (including phenoxy) is 1. The molecule has 0 saturated heterocycles. The number of carbonyl (C=O) groups excluding carboxylic acids is 1. The van der Waals surface area contributed by atoms with Crippen LogP contribution in [0.4, 0.5) is 0 Å². The second kappa shape index (κ2) is 7.67. The molecule has 3 heterocycles. The fourth-order valence-corrected chi connectivity index (χ4v) is 5.02. The average molecular weight is 499 g/mol.